The van der Waals surface area contributed by atoms with Gasteiger partial charge in [-0.15, -0.1) is 0 Å². The molecule has 204 valence electrons. The molecular weight excluding hydrogens is 522 g/mol. The molecule has 0 unspecified atom stereocenters. The Morgan fingerprint density at radius 2 is 1.05 bits per heavy atom. The first-order chi connectivity index (χ1) is 21.1. The molecule has 1 aromatic heterocycles. The number of hydrogen-bond donors (Lipinski definition) is 0. The Bertz CT molecular complexity index is 2300. The van der Waals surface area contributed by atoms with Crippen molar-refractivity contribution in [1.29, 1.82) is 0 Å². The molecule has 9 rings (SSSR count). The van der Waals surface area contributed by atoms with Gasteiger partial charge in [0.05, 0.1) is 11.0 Å². The summed E-state index contributed by atoms with van der Waals surface area (Å²) >= 11 is 0. The molecule has 0 saturated carbocycles. The maximum atomic E-state index is 6.31. The Labute approximate surface area is 250 Å². The second-order valence-corrected chi connectivity index (χ2v) is 12.2. The van der Waals surface area contributed by atoms with Crippen LogP contribution in [0.4, 0.5) is 0 Å². The van der Waals surface area contributed by atoms with E-state index in [0.29, 0.717) is 0 Å². The lowest BCUT2D eigenvalue weighted by Gasteiger charge is -2.34. The van der Waals surface area contributed by atoms with Gasteiger partial charge < -0.3 is 9.30 Å². The van der Waals surface area contributed by atoms with Gasteiger partial charge in [0.2, 0.25) is 0 Å². The summed E-state index contributed by atoms with van der Waals surface area (Å²) in [5, 5.41) is 7.73. The van der Waals surface area contributed by atoms with Crippen LogP contribution in [0.2, 0.25) is 0 Å². The SMILES string of the molecule is CC1(C)c2ccccc2Oc2ccc(-c3ccc(-n4c5ccc6ccccc6c5c5c6ccccc6ccc54)cc3)cc21. The highest BCUT2D eigenvalue weighted by Crippen LogP contribution is 2.49. The highest BCUT2D eigenvalue weighted by molar-refractivity contribution is 6.28. The lowest BCUT2D eigenvalue weighted by Crippen LogP contribution is -2.24. The van der Waals surface area contributed by atoms with E-state index in [4.69, 9.17) is 4.74 Å². The van der Waals surface area contributed by atoms with Crippen molar-refractivity contribution >= 4 is 43.4 Å². The molecule has 7 aromatic carbocycles. The fourth-order valence-electron chi connectivity index (χ4n) is 7.25. The molecule has 0 fully saturated rings. The Hall–Kier alpha value is -5.34. The van der Waals surface area contributed by atoms with Gasteiger partial charge in [-0.25, -0.2) is 0 Å². The lowest BCUT2D eigenvalue weighted by atomic mass is 9.75. The summed E-state index contributed by atoms with van der Waals surface area (Å²) in [6.07, 6.45) is 0. The normalized spacial score (nSPS) is 13.7. The molecule has 2 nitrogen and oxygen atoms in total. The van der Waals surface area contributed by atoms with Crippen LogP contribution in [0, 0.1) is 0 Å². The van der Waals surface area contributed by atoms with Gasteiger partial charge in [-0.3, -0.25) is 0 Å². The first kappa shape index (κ1) is 24.3. The van der Waals surface area contributed by atoms with Crippen molar-refractivity contribution in [3.63, 3.8) is 0 Å². The molecule has 1 aliphatic rings. The molecule has 0 amide bonds. The number of nitrogens with zero attached hydrogens (tertiary/aromatic N) is 1. The second-order valence-electron chi connectivity index (χ2n) is 12.2. The predicted octanol–water partition coefficient (Wildman–Crippen LogP) is 11.2. The number of para-hydroxylation sites is 1. The summed E-state index contributed by atoms with van der Waals surface area (Å²) in [5.74, 6) is 1.89. The molecular formula is C41H29NO. The summed E-state index contributed by atoms with van der Waals surface area (Å²) in [7, 11) is 0. The van der Waals surface area contributed by atoms with Crippen LogP contribution in [-0.2, 0) is 5.41 Å². The molecule has 2 heterocycles. The summed E-state index contributed by atoms with van der Waals surface area (Å²) in [4.78, 5) is 0. The summed E-state index contributed by atoms with van der Waals surface area (Å²) < 4.78 is 8.74. The van der Waals surface area contributed by atoms with Gasteiger partial charge >= 0.3 is 0 Å². The smallest absolute Gasteiger partial charge is 0.131 e. The summed E-state index contributed by atoms with van der Waals surface area (Å²) in [6, 6.07) is 50.5. The number of benzene rings is 7. The van der Waals surface area contributed by atoms with Crippen molar-refractivity contribution in [3.05, 3.63) is 151 Å². The molecule has 0 bridgehead atoms. The van der Waals surface area contributed by atoms with Crippen LogP contribution >= 0.6 is 0 Å². The fourth-order valence-corrected chi connectivity index (χ4v) is 7.25. The zero-order valence-electron chi connectivity index (χ0n) is 24.1. The average molecular weight is 552 g/mol. The van der Waals surface area contributed by atoms with Crippen LogP contribution in [-0.4, -0.2) is 4.57 Å². The Morgan fingerprint density at radius 3 is 1.72 bits per heavy atom. The average Bonchev–Trinajstić information content (AvgIpc) is 3.40. The van der Waals surface area contributed by atoms with E-state index in [2.05, 4.69) is 152 Å². The number of rotatable bonds is 2. The largest absolute Gasteiger partial charge is 0.457 e. The first-order valence-electron chi connectivity index (χ1n) is 14.9. The number of aromatic nitrogens is 1. The first-order valence-corrected chi connectivity index (χ1v) is 14.9. The van der Waals surface area contributed by atoms with Gasteiger partial charge in [-0.2, -0.15) is 0 Å². The topological polar surface area (TPSA) is 14.2 Å². The van der Waals surface area contributed by atoms with E-state index >= 15 is 0 Å². The third-order valence-corrected chi connectivity index (χ3v) is 9.44. The summed E-state index contributed by atoms with van der Waals surface area (Å²) in [6.45, 7) is 4.57. The standard InChI is InChI=1S/C41H29NO/c1-41(2)33-13-7-8-14-37(33)43-38-24-19-29(25-34(38)41)26-15-20-30(21-16-26)42-35-22-17-27-9-3-5-11-31(27)39(35)40-32-12-6-4-10-28(32)18-23-36(40)42/h3-25H,1-2H3. The molecule has 2 heteroatoms. The van der Waals surface area contributed by atoms with E-state index in [1.165, 1.54) is 65.6 Å². The van der Waals surface area contributed by atoms with Crippen LogP contribution in [0.5, 0.6) is 11.5 Å². The van der Waals surface area contributed by atoms with Gasteiger partial charge in [0, 0.05) is 33.0 Å². The minimum atomic E-state index is -0.144. The van der Waals surface area contributed by atoms with Crippen LogP contribution in [0.15, 0.2) is 140 Å². The van der Waals surface area contributed by atoms with Gasteiger partial charge in [0.25, 0.3) is 0 Å². The highest BCUT2D eigenvalue weighted by atomic mass is 16.5. The Kier molecular flexibility index (Phi) is 4.99. The van der Waals surface area contributed by atoms with Gasteiger partial charge in [0.1, 0.15) is 11.5 Å². The van der Waals surface area contributed by atoms with Gasteiger partial charge in [-0.05, 0) is 75.1 Å². The lowest BCUT2D eigenvalue weighted by molar-refractivity contribution is 0.418. The monoisotopic (exact) mass is 551 g/mol. The summed E-state index contributed by atoms with van der Waals surface area (Å²) in [5.41, 5.74) is 8.29. The second kappa shape index (κ2) is 8.83. The van der Waals surface area contributed by atoms with E-state index in [-0.39, 0.29) is 5.41 Å². The van der Waals surface area contributed by atoms with Crippen LogP contribution in [0.1, 0.15) is 25.0 Å². The molecule has 0 radical (unpaired) electrons. The van der Waals surface area contributed by atoms with Crippen LogP contribution < -0.4 is 4.74 Å². The number of ether oxygens (including phenoxy) is 1. The third kappa shape index (κ3) is 3.47. The van der Waals surface area contributed by atoms with Gasteiger partial charge in [-0.1, -0.05) is 111 Å². The van der Waals surface area contributed by atoms with Gasteiger partial charge in [0.15, 0.2) is 0 Å². The Morgan fingerprint density at radius 1 is 0.488 bits per heavy atom. The molecule has 43 heavy (non-hydrogen) atoms. The zero-order valence-corrected chi connectivity index (χ0v) is 24.1. The quantitative estimate of drug-likeness (QED) is 0.208. The predicted molar refractivity (Wildman–Crippen MR) is 180 cm³/mol. The molecule has 0 aliphatic carbocycles. The van der Waals surface area contributed by atoms with Crippen molar-refractivity contribution in [2.75, 3.05) is 0 Å². The number of fused-ring (bicyclic) bond motifs is 9. The van der Waals surface area contributed by atoms with Crippen molar-refractivity contribution in [2.24, 2.45) is 0 Å². The maximum Gasteiger partial charge on any atom is 0.131 e. The Balaban J connectivity index is 1.21. The van der Waals surface area contributed by atoms with Crippen LogP contribution in [0.25, 0.3) is 60.2 Å². The zero-order chi connectivity index (χ0) is 28.7. The van der Waals surface area contributed by atoms with Crippen molar-refractivity contribution < 1.29 is 4.74 Å². The van der Waals surface area contributed by atoms with E-state index in [1.807, 2.05) is 6.07 Å². The third-order valence-electron chi connectivity index (χ3n) is 9.44. The fraction of sp³-hybridized carbons (Fsp3) is 0.0732. The molecule has 0 spiro atoms. The van der Waals surface area contributed by atoms with E-state index in [0.717, 1.165) is 17.2 Å². The van der Waals surface area contributed by atoms with Crippen molar-refractivity contribution in [2.45, 2.75) is 19.3 Å². The molecule has 0 N–H and O–H groups in total. The molecule has 8 aromatic rings. The van der Waals surface area contributed by atoms with Crippen molar-refractivity contribution in [1.82, 2.24) is 4.57 Å². The number of hydrogen-bond acceptors (Lipinski definition) is 1. The van der Waals surface area contributed by atoms with Crippen LogP contribution in [0.3, 0.4) is 0 Å². The van der Waals surface area contributed by atoms with E-state index in [1.54, 1.807) is 0 Å². The minimum Gasteiger partial charge on any atom is -0.457 e. The molecule has 0 atom stereocenters. The highest BCUT2D eigenvalue weighted by Gasteiger charge is 2.34. The molecule has 0 saturated heterocycles. The van der Waals surface area contributed by atoms with E-state index < -0.39 is 0 Å². The van der Waals surface area contributed by atoms with E-state index in [9.17, 15) is 0 Å². The molecule has 1 aliphatic heterocycles. The minimum absolute atomic E-state index is 0.144. The van der Waals surface area contributed by atoms with Crippen molar-refractivity contribution in [3.8, 4) is 28.3 Å². The maximum absolute atomic E-state index is 6.31.